The maximum atomic E-state index is 13.0. The summed E-state index contributed by atoms with van der Waals surface area (Å²) >= 11 is 6.16. The minimum Gasteiger partial charge on any atom is -0.480 e. The Labute approximate surface area is 170 Å². The van der Waals surface area contributed by atoms with Crippen molar-refractivity contribution in [3.8, 4) is 11.8 Å². The van der Waals surface area contributed by atoms with E-state index in [2.05, 4.69) is 4.98 Å². The van der Waals surface area contributed by atoms with Gasteiger partial charge in [0.05, 0.1) is 10.6 Å². The highest BCUT2D eigenvalue weighted by molar-refractivity contribution is 6.35. The number of likely N-dealkylation sites (tertiary alicyclic amines) is 1. The fraction of sp³-hybridized carbons (Fsp3) is 0.350. The fourth-order valence-corrected chi connectivity index (χ4v) is 3.29. The summed E-state index contributed by atoms with van der Waals surface area (Å²) in [6.45, 7) is 3.48. The number of amides is 1. The number of benzene rings is 1. The summed E-state index contributed by atoms with van der Waals surface area (Å²) in [6, 6.07) is 6.20. The molecule has 3 rings (SSSR count). The number of carbonyl (C=O) groups excluding carboxylic acids is 1. The lowest BCUT2D eigenvalue weighted by Crippen LogP contribution is -2.48. The molecule has 0 radical (unpaired) electrons. The van der Waals surface area contributed by atoms with E-state index in [0.717, 1.165) is 18.1 Å². The van der Waals surface area contributed by atoms with Crippen LogP contribution in [0.15, 0.2) is 30.6 Å². The summed E-state index contributed by atoms with van der Waals surface area (Å²) < 4.78 is 43.7. The van der Waals surface area contributed by atoms with Crippen molar-refractivity contribution in [1.82, 2.24) is 9.88 Å². The SMILES string of the molecule is Cc1cncc(C2CN(C(=O)c3c(OC(C)C(F)(F)F)ccc(C#N)c3Cl)C2)c1. The first-order chi connectivity index (χ1) is 13.6. The highest BCUT2D eigenvalue weighted by atomic mass is 35.5. The highest BCUT2D eigenvalue weighted by Crippen LogP contribution is 2.36. The van der Waals surface area contributed by atoms with Crippen LogP contribution in [0.4, 0.5) is 13.2 Å². The second-order valence-electron chi connectivity index (χ2n) is 6.92. The molecule has 0 bridgehead atoms. The number of hydrogen-bond donors (Lipinski definition) is 0. The van der Waals surface area contributed by atoms with Gasteiger partial charge in [-0.2, -0.15) is 18.4 Å². The van der Waals surface area contributed by atoms with E-state index in [1.165, 1.54) is 17.0 Å². The first-order valence-electron chi connectivity index (χ1n) is 8.78. The normalized spacial score (nSPS) is 15.4. The molecule has 0 aliphatic carbocycles. The molecule has 9 heteroatoms. The van der Waals surface area contributed by atoms with E-state index in [-0.39, 0.29) is 27.8 Å². The van der Waals surface area contributed by atoms with Crippen molar-refractivity contribution >= 4 is 17.5 Å². The third-order valence-corrected chi connectivity index (χ3v) is 5.13. The average Bonchev–Trinajstić information content (AvgIpc) is 2.60. The quantitative estimate of drug-likeness (QED) is 0.727. The van der Waals surface area contributed by atoms with Crippen LogP contribution in [0.2, 0.25) is 5.02 Å². The Bertz CT molecular complexity index is 982. The van der Waals surface area contributed by atoms with Crippen molar-refractivity contribution in [3.05, 3.63) is 57.9 Å². The molecule has 1 aromatic heterocycles. The number of aromatic nitrogens is 1. The minimum absolute atomic E-state index is 0.0120. The van der Waals surface area contributed by atoms with Crippen LogP contribution in [0.5, 0.6) is 5.75 Å². The van der Waals surface area contributed by atoms with Crippen molar-refractivity contribution in [2.75, 3.05) is 13.1 Å². The second-order valence-corrected chi connectivity index (χ2v) is 7.29. The van der Waals surface area contributed by atoms with E-state index < -0.39 is 18.2 Å². The second kappa shape index (κ2) is 7.91. The maximum absolute atomic E-state index is 13.0. The Balaban J connectivity index is 1.85. The first-order valence-corrected chi connectivity index (χ1v) is 9.16. The standard InChI is InChI=1S/C20H17ClF3N3O2/c1-11-5-14(8-26-7-11)15-9-27(10-15)19(28)17-16(29-12(2)20(22,23)24)4-3-13(6-25)18(17)21/h3-5,7-8,12,15H,9-10H2,1-2H3. The van der Waals surface area contributed by atoms with Crippen molar-refractivity contribution in [2.45, 2.75) is 32.0 Å². The molecular formula is C20H17ClF3N3O2. The molecule has 1 aliphatic heterocycles. The molecule has 29 heavy (non-hydrogen) atoms. The Morgan fingerprint density at radius 2 is 2.07 bits per heavy atom. The number of ether oxygens (including phenoxy) is 1. The van der Waals surface area contributed by atoms with Crippen molar-refractivity contribution < 1.29 is 22.7 Å². The lowest BCUT2D eigenvalue weighted by molar-refractivity contribution is -0.189. The molecule has 0 N–H and O–H groups in total. The summed E-state index contributed by atoms with van der Waals surface area (Å²) in [5.41, 5.74) is 1.73. The molecule has 1 saturated heterocycles. The van der Waals surface area contributed by atoms with Gasteiger partial charge in [-0.1, -0.05) is 17.7 Å². The minimum atomic E-state index is -4.61. The number of nitrogens with zero attached hydrogens (tertiary/aromatic N) is 3. The van der Waals surface area contributed by atoms with Crippen molar-refractivity contribution in [1.29, 1.82) is 5.26 Å². The van der Waals surface area contributed by atoms with Crippen LogP contribution in [-0.2, 0) is 0 Å². The van der Waals surface area contributed by atoms with E-state index in [1.807, 2.05) is 19.1 Å². The van der Waals surface area contributed by atoms with Crippen molar-refractivity contribution in [3.63, 3.8) is 0 Å². The van der Waals surface area contributed by atoms with E-state index in [0.29, 0.717) is 13.1 Å². The molecule has 1 aliphatic rings. The van der Waals surface area contributed by atoms with Gasteiger partial charge in [0.2, 0.25) is 0 Å². The van der Waals surface area contributed by atoms with Gasteiger partial charge in [0, 0.05) is 31.4 Å². The van der Waals surface area contributed by atoms with Crippen LogP contribution >= 0.6 is 11.6 Å². The third kappa shape index (κ3) is 4.30. The number of pyridine rings is 1. The molecular weight excluding hydrogens is 407 g/mol. The molecule has 2 aromatic rings. The molecule has 1 aromatic carbocycles. The molecule has 1 atom stereocenters. The summed E-state index contributed by atoms with van der Waals surface area (Å²) in [4.78, 5) is 18.6. The highest BCUT2D eigenvalue weighted by Gasteiger charge is 2.40. The lowest BCUT2D eigenvalue weighted by atomic mass is 9.91. The van der Waals surface area contributed by atoms with Gasteiger partial charge >= 0.3 is 6.18 Å². The zero-order valence-electron chi connectivity index (χ0n) is 15.6. The van der Waals surface area contributed by atoms with Crippen LogP contribution < -0.4 is 4.74 Å². The van der Waals surface area contributed by atoms with Crippen LogP contribution in [0.25, 0.3) is 0 Å². The van der Waals surface area contributed by atoms with Gasteiger partial charge in [-0.15, -0.1) is 0 Å². The van der Waals surface area contributed by atoms with Gasteiger partial charge in [-0.3, -0.25) is 9.78 Å². The van der Waals surface area contributed by atoms with Crippen LogP contribution in [0.3, 0.4) is 0 Å². The van der Waals surface area contributed by atoms with Crippen LogP contribution in [0.1, 0.15) is 39.9 Å². The summed E-state index contributed by atoms with van der Waals surface area (Å²) in [5, 5.41) is 8.95. The molecule has 1 unspecified atom stereocenters. The number of aryl methyl sites for hydroxylation is 1. The number of nitriles is 1. The smallest absolute Gasteiger partial charge is 0.425 e. The van der Waals surface area contributed by atoms with E-state index in [9.17, 15) is 18.0 Å². The molecule has 2 heterocycles. The Kier molecular flexibility index (Phi) is 5.71. The van der Waals surface area contributed by atoms with E-state index in [1.54, 1.807) is 12.4 Å². The van der Waals surface area contributed by atoms with E-state index >= 15 is 0 Å². The monoisotopic (exact) mass is 423 g/mol. The average molecular weight is 424 g/mol. The van der Waals surface area contributed by atoms with Gasteiger partial charge < -0.3 is 9.64 Å². The fourth-order valence-electron chi connectivity index (χ4n) is 3.01. The molecule has 0 saturated carbocycles. The topological polar surface area (TPSA) is 66.2 Å². The number of halogens is 4. The number of hydrogen-bond acceptors (Lipinski definition) is 4. The van der Waals surface area contributed by atoms with Gasteiger partial charge in [0.1, 0.15) is 17.4 Å². The van der Waals surface area contributed by atoms with Gasteiger partial charge in [0.15, 0.2) is 6.10 Å². The Morgan fingerprint density at radius 3 is 2.66 bits per heavy atom. The van der Waals surface area contributed by atoms with Gasteiger partial charge in [0.25, 0.3) is 5.91 Å². The number of carbonyl (C=O) groups is 1. The van der Waals surface area contributed by atoms with Crippen molar-refractivity contribution in [2.24, 2.45) is 0 Å². The Morgan fingerprint density at radius 1 is 1.38 bits per heavy atom. The Hall–Kier alpha value is -2.79. The van der Waals surface area contributed by atoms with Crippen LogP contribution in [-0.4, -0.2) is 41.2 Å². The van der Waals surface area contributed by atoms with Gasteiger partial charge in [-0.05, 0) is 37.1 Å². The number of alkyl halides is 3. The molecule has 1 amide bonds. The lowest BCUT2D eigenvalue weighted by Gasteiger charge is -2.40. The van der Waals surface area contributed by atoms with E-state index in [4.69, 9.17) is 21.6 Å². The maximum Gasteiger partial charge on any atom is 0.425 e. The third-order valence-electron chi connectivity index (χ3n) is 4.74. The molecule has 1 fully saturated rings. The number of rotatable bonds is 4. The zero-order valence-corrected chi connectivity index (χ0v) is 16.4. The molecule has 5 nitrogen and oxygen atoms in total. The zero-order chi connectivity index (χ0) is 21.3. The largest absolute Gasteiger partial charge is 0.480 e. The first kappa shape index (κ1) is 20.9. The summed E-state index contributed by atoms with van der Waals surface area (Å²) in [7, 11) is 0. The summed E-state index contributed by atoms with van der Waals surface area (Å²) in [5.74, 6) is -0.805. The van der Waals surface area contributed by atoms with Crippen LogP contribution in [0, 0.1) is 18.3 Å². The molecule has 0 spiro atoms. The van der Waals surface area contributed by atoms with Gasteiger partial charge in [-0.25, -0.2) is 0 Å². The predicted molar refractivity (Wildman–Crippen MR) is 99.9 cm³/mol. The molecule has 152 valence electrons. The predicted octanol–water partition coefficient (Wildman–Crippen LogP) is 4.48. The summed E-state index contributed by atoms with van der Waals surface area (Å²) in [6.07, 6.45) is -3.30.